The lowest BCUT2D eigenvalue weighted by molar-refractivity contribution is 0.429. The summed E-state index contributed by atoms with van der Waals surface area (Å²) in [6.07, 6.45) is 4.39. The fourth-order valence-electron chi connectivity index (χ4n) is 2.87. The van der Waals surface area contributed by atoms with Gasteiger partial charge in [-0.25, -0.2) is 4.99 Å². The zero-order valence-corrected chi connectivity index (χ0v) is 16.6. The number of benzene rings is 2. The molecular weight excluding hydrogens is 304 g/mol. The highest BCUT2D eigenvalue weighted by molar-refractivity contribution is 5.70. The third-order valence-electron chi connectivity index (χ3n) is 4.93. The number of aliphatic imine (C=N–C) groups is 1. The van der Waals surface area contributed by atoms with E-state index < -0.39 is 0 Å². The van der Waals surface area contributed by atoms with Crippen LogP contribution in [-0.2, 0) is 0 Å². The highest BCUT2D eigenvalue weighted by Gasteiger charge is 2.06. The molecule has 0 aliphatic heterocycles. The molecule has 2 nitrogen and oxygen atoms in total. The second-order valence-electron chi connectivity index (χ2n) is 7.32. The van der Waals surface area contributed by atoms with Crippen LogP contribution in [0.2, 0.25) is 0 Å². The average Bonchev–Trinajstić information content (AvgIpc) is 2.60. The lowest BCUT2D eigenvalue weighted by Gasteiger charge is -2.17. The van der Waals surface area contributed by atoms with Crippen LogP contribution >= 0.6 is 0 Å². The Morgan fingerprint density at radius 2 is 1.64 bits per heavy atom. The Morgan fingerprint density at radius 3 is 2.20 bits per heavy atom. The topological polar surface area (TPSA) is 15.6 Å². The van der Waals surface area contributed by atoms with E-state index in [0.717, 1.165) is 5.69 Å². The summed E-state index contributed by atoms with van der Waals surface area (Å²) < 4.78 is 0. The van der Waals surface area contributed by atoms with Crippen molar-refractivity contribution in [3.05, 3.63) is 53.6 Å². The molecule has 0 bridgehead atoms. The standard InChI is InChI=1S/C23H32N2/c1-7-8-18(4)20-9-11-21(12-10-20)22-13-14-23(19(5)15-22)24-16-25(6)17(2)3/h9-18H,7-8H2,1-6H3. The Morgan fingerprint density at radius 1 is 1.00 bits per heavy atom. The Kier molecular flexibility index (Phi) is 6.81. The highest BCUT2D eigenvalue weighted by Crippen LogP contribution is 2.28. The zero-order valence-electron chi connectivity index (χ0n) is 16.6. The summed E-state index contributed by atoms with van der Waals surface area (Å²) in [5.41, 5.74) is 6.19. The summed E-state index contributed by atoms with van der Waals surface area (Å²) in [4.78, 5) is 6.74. The van der Waals surface area contributed by atoms with Gasteiger partial charge in [0.05, 0.1) is 12.0 Å². The maximum absolute atomic E-state index is 4.62. The molecule has 0 fully saturated rings. The predicted molar refractivity (Wildman–Crippen MR) is 111 cm³/mol. The lowest BCUT2D eigenvalue weighted by atomic mass is 9.94. The number of hydrogen-bond acceptors (Lipinski definition) is 1. The molecule has 2 aromatic rings. The van der Waals surface area contributed by atoms with Gasteiger partial charge in [0.1, 0.15) is 0 Å². The van der Waals surface area contributed by atoms with Crippen LogP contribution in [0.1, 0.15) is 57.6 Å². The molecule has 0 N–H and O–H groups in total. The molecule has 0 amide bonds. The number of hydrogen-bond donors (Lipinski definition) is 0. The number of aryl methyl sites for hydroxylation is 1. The normalized spacial score (nSPS) is 12.8. The van der Waals surface area contributed by atoms with Crippen LogP contribution in [0.25, 0.3) is 11.1 Å². The summed E-state index contributed by atoms with van der Waals surface area (Å²) in [6, 6.07) is 16.0. The van der Waals surface area contributed by atoms with Gasteiger partial charge < -0.3 is 4.90 Å². The van der Waals surface area contributed by atoms with E-state index in [9.17, 15) is 0 Å². The van der Waals surface area contributed by atoms with Crippen molar-refractivity contribution in [3.63, 3.8) is 0 Å². The lowest BCUT2D eigenvalue weighted by Crippen LogP contribution is -2.24. The molecule has 0 heterocycles. The van der Waals surface area contributed by atoms with Crippen LogP contribution in [0.3, 0.4) is 0 Å². The smallest absolute Gasteiger partial charge is 0.0912 e. The largest absolute Gasteiger partial charge is 0.363 e. The second-order valence-corrected chi connectivity index (χ2v) is 7.32. The minimum atomic E-state index is 0.456. The minimum Gasteiger partial charge on any atom is -0.363 e. The Balaban J connectivity index is 2.17. The molecule has 0 aromatic heterocycles. The zero-order chi connectivity index (χ0) is 18.4. The van der Waals surface area contributed by atoms with Gasteiger partial charge in [-0.3, -0.25) is 0 Å². The molecule has 2 aromatic carbocycles. The third-order valence-corrected chi connectivity index (χ3v) is 4.93. The number of rotatable bonds is 7. The maximum Gasteiger partial charge on any atom is 0.0912 e. The Hall–Kier alpha value is -2.09. The van der Waals surface area contributed by atoms with Gasteiger partial charge in [0.25, 0.3) is 0 Å². The molecule has 134 valence electrons. The van der Waals surface area contributed by atoms with Crippen molar-refractivity contribution in [2.75, 3.05) is 7.05 Å². The van der Waals surface area contributed by atoms with Crippen molar-refractivity contribution < 1.29 is 0 Å². The molecule has 2 heteroatoms. The Labute approximate surface area is 153 Å². The average molecular weight is 337 g/mol. The third kappa shape index (κ3) is 5.19. The van der Waals surface area contributed by atoms with Gasteiger partial charge in [-0.05, 0) is 67.5 Å². The van der Waals surface area contributed by atoms with Gasteiger partial charge in [0.2, 0.25) is 0 Å². The van der Waals surface area contributed by atoms with E-state index in [4.69, 9.17) is 0 Å². The molecular formula is C23H32N2. The van der Waals surface area contributed by atoms with E-state index in [1.165, 1.54) is 35.1 Å². The molecule has 0 spiro atoms. The summed E-state index contributed by atoms with van der Waals surface area (Å²) in [5.74, 6) is 0.635. The Bertz CT molecular complexity index is 699. The molecule has 0 radical (unpaired) electrons. The van der Waals surface area contributed by atoms with Crippen molar-refractivity contribution in [1.82, 2.24) is 4.90 Å². The van der Waals surface area contributed by atoms with Crippen LogP contribution in [0.5, 0.6) is 0 Å². The van der Waals surface area contributed by atoms with Crippen LogP contribution < -0.4 is 0 Å². The van der Waals surface area contributed by atoms with E-state index >= 15 is 0 Å². The molecule has 25 heavy (non-hydrogen) atoms. The van der Waals surface area contributed by atoms with Crippen molar-refractivity contribution >= 4 is 12.0 Å². The van der Waals surface area contributed by atoms with Crippen molar-refractivity contribution in [2.24, 2.45) is 4.99 Å². The summed E-state index contributed by atoms with van der Waals surface area (Å²) in [5, 5.41) is 0. The minimum absolute atomic E-state index is 0.456. The molecule has 0 saturated heterocycles. The first kappa shape index (κ1) is 19.2. The molecule has 0 aliphatic carbocycles. The first-order valence-electron chi connectivity index (χ1n) is 9.39. The molecule has 0 saturated carbocycles. The first-order valence-corrected chi connectivity index (χ1v) is 9.39. The maximum atomic E-state index is 4.62. The molecule has 2 rings (SSSR count). The van der Waals surface area contributed by atoms with Crippen molar-refractivity contribution in [1.29, 1.82) is 0 Å². The van der Waals surface area contributed by atoms with Crippen LogP contribution in [0.15, 0.2) is 47.5 Å². The van der Waals surface area contributed by atoms with E-state index in [0.29, 0.717) is 12.0 Å². The van der Waals surface area contributed by atoms with Gasteiger partial charge >= 0.3 is 0 Å². The van der Waals surface area contributed by atoms with Gasteiger partial charge in [0, 0.05) is 13.1 Å². The van der Waals surface area contributed by atoms with Crippen LogP contribution in [0.4, 0.5) is 5.69 Å². The van der Waals surface area contributed by atoms with Crippen molar-refractivity contribution in [2.45, 2.75) is 59.4 Å². The fourth-order valence-corrected chi connectivity index (χ4v) is 2.87. The van der Waals surface area contributed by atoms with Gasteiger partial charge in [-0.2, -0.15) is 0 Å². The van der Waals surface area contributed by atoms with Gasteiger partial charge in [-0.15, -0.1) is 0 Å². The quantitative estimate of drug-likeness (QED) is 0.412. The van der Waals surface area contributed by atoms with Crippen LogP contribution in [-0.4, -0.2) is 24.3 Å². The fraction of sp³-hybridized carbons (Fsp3) is 0.435. The monoisotopic (exact) mass is 336 g/mol. The van der Waals surface area contributed by atoms with E-state index in [1.54, 1.807) is 0 Å². The molecule has 1 unspecified atom stereocenters. The van der Waals surface area contributed by atoms with E-state index in [1.807, 2.05) is 6.34 Å². The van der Waals surface area contributed by atoms with Crippen molar-refractivity contribution in [3.8, 4) is 11.1 Å². The highest BCUT2D eigenvalue weighted by atomic mass is 15.1. The van der Waals surface area contributed by atoms with E-state index in [-0.39, 0.29) is 0 Å². The second kappa shape index (κ2) is 8.84. The molecule has 0 aliphatic rings. The van der Waals surface area contributed by atoms with E-state index in [2.05, 4.69) is 94.0 Å². The van der Waals surface area contributed by atoms with Gasteiger partial charge in [-0.1, -0.05) is 50.6 Å². The van der Waals surface area contributed by atoms with Crippen LogP contribution in [0, 0.1) is 6.92 Å². The summed E-state index contributed by atoms with van der Waals surface area (Å²) in [6.45, 7) is 11.0. The predicted octanol–water partition coefficient (Wildman–Crippen LogP) is 6.57. The first-order chi connectivity index (χ1) is 11.9. The summed E-state index contributed by atoms with van der Waals surface area (Å²) in [7, 11) is 2.05. The number of nitrogens with zero attached hydrogens (tertiary/aromatic N) is 2. The summed E-state index contributed by atoms with van der Waals surface area (Å²) >= 11 is 0. The van der Waals surface area contributed by atoms with Gasteiger partial charge in [0.15, 0.2) is 0 Å². The SMILES string of the molecule is CCCC(C)c1ccc(-c2ccc(N=CN(C)C(C)C)c(C)c2)cc1. The molecule has 1 atom stereocenters.